The van der Waals surface area contributed by atoms with E-state index in [0.717, 1.165) is 34.4 Å². The second kappa shape index (κ2) is 6.46. The molecule has 0 radical (unpaired) electrons. The van der Waals surface area contributed by atoms with E-state index in [1.165, 1.54) is 11.7 Å². The number of hydrogen-bond donors (Lipinski definition) is 2. The standard InChI is InChI=1S/C17H15N5S/c1-3-12-8-14(5-4-13(12)10-18)19-11(2)20-15-6-7-16-17(9-15)22-23-21-16/h4-9,19-20H,2-3H2,1H3. The highest BCUT2D eigenvalue weighted by Crippen LogP contribution is 2.20. The van der Waals surface area contributed by atoms with Crippen LogP contribution in [0.2, 0.25) is 0 Å². The average molecular weight is 321 g/mol. The molecule has 3 rings (SSSR count). The molecule has 6 heteroatoms. The molecule has 0 bridgehead atoms. The fraction of sp³-hybridized carbons (Fsp3) is 0.118. The van der Waals surface area contributed by atoms with E-state index >= 15 is 0 Å². The maximum atomic E-state index is 9.08. The normalized spacial score (nSPS) is 10.3. The molecule has 0 fully saturated rings. The molecule has 114 valence electrons. The van der Waals surface area contributed by atoms with Crippen molar-refractivity contribution in [1.82, 2.24) is 8.75 Å². The molecule has 0 saturated heterocycles. The highest BCUT2D eigenvalue weighted by molar-refractivity contribution is 7.00. The van der Waals surface area contributed by atoms with Gasteiger partial charge in [0.2, 0.25) is 0 Å². The molecule has 0 aliphatic heterocycles. The summed E-state index contributed by atoms with van der Waals surface area (Å²) in [4.78, 5) is 0. The number of anilines is 2. The third kappa shape index (κ3) is 3.30. The molecule has 2 aromatic carbocycles. The monoisotopic (exact) mass is 321 g/mol. The van der Waals surface area contributed by atoms with Gasteiger partial charge in [-0.25, -0.2) is 0 Å². The Hall–Kier alpha value is -2.91. The molecule has 0 aliphatic rings. The lowest BCUT2D eigenvalue weighted by Crippen LogP contribution is -2.08. The molecule has 0 unspecified atom stereocenters. The molecule has 0 aliphatic carbocycles. The zero-order chi connectivity index (χ0) is 16.2. The molecule has 0 saturated carbocycles. The Balaban J connectivity index is 1.72. The van der Waals surface area contributed by atoms with Crippen molar-refractivity contribution < 1.29 is 0 Å². The van der Waals surface area contributed by atoms with Gasteiger partial charge in [0.25, 0.3) is 0 Å². The van der Waals surface area contributed by atoms with Crippen molar-refractivity contribution in [3.63, 3.8) is 0 Å². The summed E-state index contributed by atoms with van der Waals surface area (Å²) in [6, 6.07) is 13.7. The minimum atomic E-state index is 0.652. The Morgan fingerprint density at radius 3 is 2.57 bits per heavy atom. The zero-order valence-corrected chi connectivity index (χ0v) is 13.4. The van der Waals surface area contributed by atoms with Gasteiger partial charge >= 0.3 is 0 Å². The van der Waals surface area contributed by atoms with Gasteiger partial charge in [0.05, 0.1) is 23.4 Å². The summed E-state index contributed by atoms with van der Waals surface area (Å²) in [6.45, 7) is 6.02. The molecule has 1 aromatic heterocycles. The fourth-order valence-electron chi connectivity index (χ4n) is 2.31. The van der Waals surface area contributed by atoms with Crippen molar-refractivity contribution in [3.8, 4) is 6.07 Å². The molecule has 23 heavy (non-hydrogen) atoms. The molecule has 0 amide bonds. The Morgan fingerprint density at radius 1 is 1.13 bits per heavy atom. The van der Waals surface area contributed by atoms with E-state index in [0.29, 0.717) is 11.4 Å². The van der Waals surface area contributed by atoms with Crippen molar-refractivity contribution in [3.05, 3.63) is 59.9 Å². The molecule has 3 aromatic rings. The first-order valence-electron chi connectivity index (χ1n) is 7.18. The van der Waals surface area contributed by atoms with Crippen LogP contribution in [-0.4, -0.2) is 8.75 Å². The minimum Gasteiger partial charge on any atom is -0.342 e. The number of aryl methyl sites for hydroxylation is 1. The number of fused-ring (bicyclic) bond motifs is 1. The maximum absolute atomic E-state index is 9.08. The van der Waals surface area contributed by atoms with E-state index in [1.807, 2.05) is 43.3 Å². The lowest BCUT2D eigenvalue weighted by Gasteiger charge is -2.13. The Bertz CT molecular complexity index is 907. The van der Waals surface area contributed by atoms with Crippen LogP contribution in [0.25, 0.3) is 11.0 Å². The summed E-state index contributed by atoms with van der Waals surface area (Å²) in [6.07, 6.45) is 0.811. The van der Waals surface area contributed by atoms with Crippen LogP contribution in [0.3, 0.4) is 0 Å². The first-order chi connectivity index (χ1) is 11.2. The molecule has 0 spiro atoms. The number of nitrogens with zero attached hydrogens (tertiary/aromatic N) is 3. The Kier molecular flexibility index (Phi) is 4.22. The van der Waals surface area contributed by atoms with Crippen LogP contribution >= 0.6 is 11.7 Å². The fourth-order valence-corrected chi connectivity index (χ4v) is 2.83. The average Bonchev–Trinajstić information content (AvgIpc) is 3.02. The number of nitriles is 1. The van der Waals surface area contributed by atoms with Crippen molar-refractivity contribution in [2.75, 3.05) is 10.6 Å². The van der Waals surface area contributed by atoms with Crippen LogP contribution < -0.4 is 10.6 Å². The van der Waals surface area contributed by atoms with Gasteiger partial charge in [-0.05, 0) is 48.4 Å². The van der Waals surface area contributed by atoms with E-state index in [2.05, 4.69) is 32.0 Å². The molecular weight excluding hydrogens is 306 g/mol. The van der Waals surface area contributed by atoms with Gasteiger partial charge in [0.15, 0.2) is 0 Å². The second-order valence-electron chi connectivity index (χ2n) is 5.03. The summed E-state index contributed by atoms with van der Waals surface area (Å²) in [5.41, 5.74) is 5.26. The molecule has 0 atom stereocenters. The van der Waals surface area contributed by atoms with E-state index in [1.54, 1.807) is 0 Å². The van der Waals surface area contributed by atoms with Crippen molar-refractivity contribution >= 4 is 34.1 Å². The molecular formula is C17H15N5S. The quantitative estimate of drug-likeness (QED) is 0.739. The van der Waals surface area contributed by atoms with Crippen molar-refractivity contribution in [2.45, 2.75) is 13.3 Å². The predicted octanol–water partition coefficient (Wildman–Crippen LogP) is 4.12. The lowest BCUT2D eigenvalue weighted by atomic mass is 10.1. The topological polar surface area (TPSA) is 73.6 Å². The van der Waals surface area contributed by atoms with Crippen LogP contribution in [0.15, 0.2) is 48.8 Å². The Labute approximate surface area is 138 Å². The van der Waals surface area contributed by atoms with Gasteiger partial charge < -0.3 is 10.6 Å². The van der Waals surface area contributed by atoms with E-state index in [4.69, 9.17) is 5.26 Å². The van der Waals surface area contributed by atoms with Gasteiger partial charge in [-0.2, -0.15) is 14.0 Å². The van der Waals surface area contributed by atoms with Gasteiger partial charge in [0.1, 0.15) is 16.9 Å². The highest BCUT2D eigenvalue weighted by Gasteiger charge is 2.04. The first-order valence-corrected chi connectivity index (χ1v) is 7.91. The SMILES string of the molecule is C=C(Nc1ccc(C#N)c(CC)c1)Nc1ccc2nsnc2c1. The van der Waals surface area contributed by atoms with E-state index < -0.39 is 0 Å². The number of nitrogens with one attached hydrogen (secondary N) is 2. The lowest BCUT2D eigenvalue weighted by molar-refractivity contribution is 1.13. The third-order valence-corrected chi connectivity index (χ3v) is 4.01. The van der Waals surface area contributed by atoms with Crippen LogP contribution in [0, 0.1) is 11.3 Å². The number of rotatable bonds is 5. The first kappa shape index (κ1) is 15.0. The summed E-state index contributed by atoms with van der Waals surface area (Å²) >= 11 is 1.20. The van der Waals surface area contributed by atoms with E-state index in [-0.39, 0.29) is 0 Å². The van der Waals surface area contributed by atoms with Gasteiger partial charge in [-0.3, -0.25) is 0 Å². The van der Waals surface area contributed by atoms with E-state index in [9.17, 15) is 0 Å². The van der Waals surface area contributed by atoms with Gasteiger partial charge in [0, 0.05) is 11.4 Å². The smallest absolute Gasteiger partial charge is 0.106 e. The zero-order valence-electron chi connectivity index (χ0n) is 12.6. The summed E-state index contributed by atoms with van der Waals surface area (Å²) < 4.78 is 8.40. The Morgan fingerprint density at radius 2 is 1.83 bits per heavy atom. The summed E-state index contributed by atoms with van der Waals surface area (Å²) in [5, 5.41) is 15.5. The number of benzene rings is 2. The van der Waals surface area contributed by atoms with Crippen molar-refractivity contribution in [1.29, 1.82) is 5.26 Å². The third-order valence-electron chi connectivity index (χ3n) is 3.45. The highest BCUT2D eigenvalue weighted by atomic mass is 32.1. The second-order valence-corrected chi connectivity index (χ2v) is 5.56. The largest absolute Gasteiger partial charge is 0.342 e. The molecule has 5 nitrogen and oxygen atoms in total. The summed E-state index contributed by atoms with van der Waals surface area (Å²) in [7, 11) is 0. The van der Waals surface area contributed by atoms with Crippen molar-refractivity contribution in [2.24, 2.45) is 0 Å². The van der Waals surface area contributed by atoms with Gasteiger partial charge in [-0.15, -0.1) is 0 Å². The minimum absolute atomic E-state index is 0.652. The molecule has 2 N–H and O–H groups in total. The molecule has 1 heterocycles. The summed E-state index contributed by atoms with van der Waals surface area (Å²) in [5.74, 6) is 0.652. The maximum Gasteiger partial charge on any atom is 0.106 e. The predicted molar refractivity (Wildman–Crippen MR) is 94.3 cm³/mol. The van der Waals surface area contributed by atoms with Crippen LogP contribution in [0.5, 0.6) is 0 Å². The number of hydrogen-bond acceptors (Lipinski definition) is 6. The number of aromatic nitrogens is 2. The van der Waals surface area contributed by atoms with Gasteiger partial charge in [-0.1, -0.05) is 13.5 Å². The van der Waals surface area contributed by atoms with Crippen LogP contribution in [-0.2, 0) is 6.42 Å². The van der Waals surface area contributed by atoms with Crippen LogP contribution in [0.4, 0.5) is 11.4 Å². The van der Waals surface area contributed by atoms with Crippen LogP contribution in [0.1, 0.15) is 18.1 Å².